The molecule has 0 spiro atoms. The molecule has 1 aromatic carbocycles. The van der Waals surface area contributed by atoms with Gasteiger partial charge in [-0.05, 0) is 24.8 Å². The van der Waals surface area contributed by atoms with Crippen LogP contribution in [0, 0.1) is 5.41 Å². The second kappa shape index (κ2) is 8.83. The first-order chi connectivity index (χ1) is 14.7. The lowest BCUT2D eigenvalue weighted by atomic mass is 10.1. The molecule has 0 radical (unpaired) electrons. The number of nitrogens with one attached hydrogen (secondary N) is 2. The average Bonchev–Trinajstić information content (AvgIpc) is 3.47. The number of piperazine rings is 1. The molecule has 3 heterocycles. The fraction of sp³-hybridized carbons (Fsp3) is 0.286. The van der Waals surface area contributed by atoms with Crippen LogP contribution in [0.2, 0.25) is 0 Å². The zero-order chi connectivity index (χ0) is 20.9. The summed E-state index contributed by atoms with van der Waals surface area (Å²) in [5.74, 6) is 0.822. The fourth-order valence-electron chi connectivity index (χ4n) is 3.36. The summed E-state index contributed by atoms with van der Waals surface area (Å²) < 4.78 is 5.26. The minimum absolute atomic E-state index is 0.0148. The van der Waals surface area contributed by atoms with Gasteiger partial charge in [-0.25, -0.2) is 4.98 Å². The number of rotatable bonds is 6. The molecular weight excluding hydrogens is 382 g/mol. The molecule has 154 valence electrons. The number of amides is 1. The lowest BCUT2D eigenvalue weighted by molar-refractivity contribution is 0.0595. The summed E-state index contributed by atoms with van der Waals surface area (Å²) in [6.07, 6.45) is 6.24. The molecule has 0 unspecified atom stereocenters. The molecule has 0 saturated carbocycles. The topological polar surface area (TPSA) is 115 Å². The normalized spacial score (nSPS) is 15.0. The van der Waals surface area contributed by atoms with Crippen molar-refractivity contribution in [1.29, 1.82) is 5.41 Å². The Labute approximate surface area is 173 Å². The third kappa shape index (κ3) is 4.20. The van der Waals surface area contributed by atoms with Gasteiger partial charge in [0.2, 0.25) is 5.82 Å². The highest BCUT2D eigenvalue weighted by Crippen LogP contribution is 2.24. The Bertz CT molecular complexity index is 1060. The third-order valence-corrected chi connectivity index (χ3v) is 5.09. The number of hydrogen-bond donors (Lipinski definition) is 2. The monoisotopic (exact) mass is 405 g/mol. The van der Waals surface area contributed by atoms with Gasteiger partial charge < -0.3 is 24.7 Å². The van der Waals surface area contributed by atoms with Crippen LogP contribution in [-0.4, -0.2) is 74.8 Å². The quantitative estimate of drug-likeness (QED) is 0.609. The van der Waals surface area contributed by atoms with Crippen molar-refractivity contribution in [3.05, 3.63) is 48.3 Å². The van der Waals surface area contributed by atoms with Gasteiger partial charge in [-0.3, -0.25) is 4.79 Å². The molecule has 2 N–H and O–H groups in total. The lowest BCUT2D eigenvalue weighted by Crippen LogP contribution is -2.48. The highest BCUT2D eigenvalue weighted by Gasteiger charge is 2.26. The maximum absolute atomic E-state index is 12.7. The van der Waals surface area contributed by atoms with Crippen LogP contribution in [0.4, 0.5) is 0 Å². The number of nitrogens with zero attached hydrogens (tertiary/aromatic N) is 5. The predicted octanol–water partition coefficient (Wildman–Crippen LogP) is 2.57. The van der Waals surface area contributed by atoms with E-state index in [4.69, 9.17) is 9.93 Å². The number of carbonyl (C=O) groups is 1. The first kappa shape index (κ1) is 19.7. The lowest BCUT2D eigenvalue weighted by Gasteiger charge is -2.33. The molecule has 1 fully saturated rings. The van der Waals surface area contributed by atoms with Crippen molar-refractivity contribution in [2.75, 3.05) is 32.7 Å². The Hall–Kier alpha value is -3.59. The van der Waals surface area contributed by atoms with E-state index in [0.717, 1.165) is 36.5 Å². The van der Waals surface area contributed by atoms with Gasteiger partial charge in [0.05, 0.1) is 11.9 Å². The van der Waals surface area contributed by atoms with Crippen molar-refractivity contribution in [3.63, 3.8) is 0 Å². The van der Waals surface area contributed by atoms with Crippen LogP contribution in [0.25, 0.3) is 28.7 Å². The van der Waals surface area contributed by atoms with Crippen molar-refractivity contribution in [2.45, 2.75) is 6.92 Å². The summed E-state index contributed by atoms with van der Waals surface area (Å²) in [7, 11) is 0. The van der Waals surface area contributed by atoms with E-state index in [-0.39, 0.29) is 11.8 Å². The predicted molar refractivity (Wildman–Crippen MR) is 113 cm³/mol. The van der Waals surface area contributed by atoms with Crippen LogP contribution in [0.1, 0.15) is 23.4 Å². The maximum Gasteiger partial charge on any atom is 0.316 e. The molecule has 30 heavy (non-hydrogen) atoms. The van der Waals surface area contributed by atoms with Gasteiger partial charge in [0.25, 0.3) is 0 Å². The third-order valence-electron chi connectivity index (χ3n) is 5.09. The van der Waals surface area contributed by atoms with Gasteiger partial charge in [-0.15, -0.1) is 0 Å². The number of imidazole rings is 1. The molecule has 0 bridgehead atoms. The summed E-state index contributed by atoms with van der Waals surface area (Å²) in [6.45, 7) is 6.13. The van der Waals surface area contributed by atoms with Crippen LogP contribution in [0.3, 0.4) is 0 Å². The van der Waals surface area contributed by atoms with Crippen molar-refractivity contribution < 1.29 is 9.32 Å². The molecule has 0 atom stereocenters. The summed E-state index contributed by atoms with van der Waals surface area (Å²) in [5, 5.41) is 11.1. The first-order valence-electron chi connectivity index (χ1n) is 9.86. The van der Waals surface area contributed by atoms with E-state index in [1.165, 1.54) is 6.21 Å². The smallest absolute Gasteiger partial charge is 0.316 e. The van der Waals surface area contributed by atoms with E-state index in [0.29, 0.717) is 24.7 Å². The number of aromatic nitrogens is 4. The van der Waals surface area contributed by atoms with Crippen LogP contribution in [-0.2, 0) is 0 Å². The zero-order valence-electron chi connectivity index (χ0n) is 16.7. The van der Waals surface area contributed by atoms with E-state index >= 15 is 0 Å². The number of benzene rings is 1. The van der Waals surface area contributed by atoms with Crippen molar-refractivity contribution in [3.8, 4) is 22.6 Å². The molecular formula is C21H23N7O2. The van der Waals surface area contributed by atoms with E-state index in [1.54, 1.807) is 23.2 Å². The van der Waals surface area contributed by atoms with Crippen molar-refractivity contribution >= 4 is 18.2 Å². The summed E-state index contributed by atoms with van der Waals surface area (Å²) >= 11 is 0. The van der Waals surface area contributed by atoms with E-state index < -0.39 is 0 Å². The molecule has 0 aliphatic carbocycles. The summed E-state index contributed by atoms with van der Waals surface area (Å²) in [5.41, 5.74) is 2.48. The Balaban J connectivity index is 1.50. The van der Waals surface area contributed by atoms with E-state index in [9.17, 15) is 4.79 Å². The van der Waals surface area contributed by atoms with Gasteiger partial charge in [-0.2, -0.15) is 4.98 Å². The van der Waals surface area contributed by atoms with Crippen LogP contribution >= 0.6 is 0 Å². The number of hydrogen-bond acceptors (Lipinski definition) is 7. The maximum atomic E-state index is 12.7. The van der Waals surface area contributed by atoms with Crippen LogP contribution in [0.5, 0.6) is 0 Å². The first-order valence-corrected chi connectivity index (χ1v) is 9.86. The highest BCUT2D eigenvalue weighted by molar-refractivity contribution is 5.90. The molecule has 1 saturated heterocycles. The van der Waals surface area contributed by atoms with Gasteiger partial charge in [-0.1, -0.05) is 30.3 Å². The molecule has 9 heteroatoms. The molecule has 9 nitrogen and oxygen atoms in total. The van der Waals surface area contributed by atoms with Gasteiger partial charge in [0.15, 0.2) is 0 Å². The number of likely N-dealkylation sites (N-methyl/N-ethyl adjacent to an activating group) is 1. The molecule has 4 rings (SSSR count). The highest BCUT2D eigenvalue weighted by atomic mass is 16.5. The Morgan fingerprint density at radius 3 is 2.83 bits per heavy atom. The molecule has 2 aromatic heterocycles. The van der Waals surface area contributed by atoms with Gasteiger partial charge >= 0.3 is 11.8 Å². The molecule has 1 aliphatic rings. The van der Waals surface area contributed by atoms with E-state index in [1.807, 2.05) is 24.3 Å². The zero-order valence-corrected chi connectivity index (χ0v) is 16.7. The van der Waals surface area contributed by atoms with Gasteiger partial charge in [0, 0.05) is 43.5 Å². The second-order valence-corrected chi connectivity index (χ2v) is 6.94. The molecule has 3 aromatic rings. The fourth-order valence-corrected chi connectivity index (χ4v) is 3.36. The number of allylic oxidation sites excluding steroid dienone is 1. The summed E-state index contributed by atoms with van der Waals surface area (Å²) in [4.78, 5) is 28.5. The molecule has 1 amide bonds. The van der Waals surface area contributed by atoms with Crippen molar-refractivity contribution in [1.82, 2.24) is 29.9 Å². The number of H-pyrrole nitrogens is 1. The Morgan fingerprint density at radius 1 is 1.27 bits per heavy atom. The van der Waals surface area contributed by atoms with Gasteiger partial charge in [0.1, 0.15) is 5.82 Å². The minimum Gasteiger partial charge on any atom is -0.338 e. The second-order valence-electron chi connectivity index (χ2n) is 6.94. The largest absolute Gasteiger partial charge is 0.338 e. The average molecular weight is 405 g/mol. The standard InChI is InChI=1S/C21H23N7O2/c1-2-27-9-11-28(12-10-27)21(29)20-25-19(26-30-20)16-6-3-5-15(13-16)17-14-23-18(24-17)7-4-8-22/h3-8,13-14,22H,2,9-12H2,1H3,(H,23,24). The van der Waals surface area contributed by atoms with Crippen LogP contribution in [0.15, 0.2) is 41.1 Å². The van der Waals surface area contributed by atoms with E-state index in [2.05, 4.69) is 31.9 Å². The summed E-state index contributed by atoms with van der Waals surface area (Å²) in [6, 6.07) is 7.62. The number of aromatic amines is 1. The van der Waals surface area contributed by atoms with Crippen LogP contribution < -0.4 is 0 Å². The van der Waals surface area contributed by atoms with Crippen molar-refractivity contribution in [2.24, 2.45) is 0 Å². The SMILES string of the molecule is CCN1CCN(C(=O)c2nc(-c3cccc(-c4cnc(C=CC=N)[nH]4)c3)no2)CC1. The Kier molecular flexibility index (Phi) is 5.80. The number of carbonyl (C=O) groups excluding carboxylic acids is 1. The molecule has 1 aliphatic heterocycles. The minimum atomic E-state index is -0.225. The Morgan fingerprint density at radius 2 is 2.07 bits per heavy atom.